The summed E-state index contributed by atoms with van der Waals surface area (Å²) < 4.78 is 5.32. The average Bonchev–Trinajstić information content (AvgIpc) is 2.06. The molecule has 0 N–H and O–H groups in total. The molecule has 0 unspecified atom stereocenters. The minimum absolute atomic E-state index is 0. The van der Waals surface area contributed by atoms with E-state index in [1.165, 1.54) is 5.69 Å². The molecule has 0 atom stereocenters. The number of ether oxygens (including phenoxy) is 1. The first-order valence-electron chi connectivity index (χ1n) is 4.14. The van der Waals surface area contributed by atoms with E-state index >= 15 is 0 Å². The van der Waals surface area contributed by atoms with Crippen LogP contribution in [0.15, 0.2) is 24.3 Å². The van der Waals surface area contributed by atoms with Gasteiger partial charge in [-0.2, -0.15) is 0 Å². The minimum atomic E-state index is 0. The lowest BCUT2D eigenvalue weighted by molar-refractivity contribution is 0.340. The fourth-order valence-electron chi connectivity index (χ4n) is 1.01. The molecule has 0 heterocycles. The summed E-state index contributed by atoms with van der Waals surface area (Å²) in [5, 5.41) is 0. The predicted octanol–water partition coefficient (Wildman–Crippen LogP) is 2.57. The van der Waals surface area contributed by atoms with Gasteiger partial charge in [-0.15, -0.1) is 12.4 Å². The Bertz CT molecular complexity index is 233. The lowest BCUT2D eigenvalue weighted by atomic mass is 10.3. The summed E-state index contributed by atoms with van der Waals surface area (Å²) in [6, 6.07) is 8.06. The lowest BCUT2D eigenvalue weighted by Crippen LogP contribution is -2.08. The van der Waals surface area contributed by atoms with Gasteiger partial charge in [0.25, 0.3) is 0 Å². The predicted molar refractivity (Wildman–Crippen MR) is 59.2 cm³/mol. The molecule has 1 aromatic rings. The van der Waals surface area contributed by atoms with Gasteiger partial charge in [0.15, 0.2) is 0 Å². The maximum Gasteiger partial charge on any atom is 0.119 e. The normalized spacial score (nSPS) is 8.85. The Hall–Kier alpha value is -0.890. The summed E-state index contributed by atoms with van der Waals surface area (Å²) in [6.45, 7) is 2.71. The monoisotopic (exact) mass is 201 g/mol. The van der Waals surface area contributed by atoms with E-state index in [4.69, 9.17) is 4.74 Å². The van der Waals surface area contributed by atoms with Crippen LogP contribution in [0, 0.1) is 0 Å². The highest BCUT2D eigenvalue weighted by Crippen LogP contribution is 2.16. The molecular weight excluding hydrogens is 186 g/mol. The second-order valence-corrected chi connectivity index (χ2v) is 2.82. The van der Waals surface area contributed by atoms with Gasteiger partial charge in [0.05, 0.1) is 6.61 Å². The van der Waals surface area contributed by atoms with E-state index in [0.29, 0.717) is 0 Å². The van der Waals surface area contributed by atoms with Gasteiger partial charge in [-0.05, 0) is 31.2 Å². The molecule has 0 spiro atoms. The van der Waals surface area contributed by atoms with E-state index in [2.05, 4.69) is 4.90 Å². The molecule has 0 bridgehead atoms. The second-order valence-electron chi connectivity index (χ2n) is 2.82. The van der Waals surface area contributed by atoms with Gasteiger partial charge in [0.1, 0.15) is 5.75 Å². The van der Waals surface area contributed by atoms with Crippen molar-refractivity contribution in [2.24, 2.45) is 0 Å². The number of rotatable bonds is 3. The quantitative estimate of drug-likeness (QED) is 0.746. The van der Waals surface area contributed by atoms with E-state index < -0.39 is 0 Å². The highest BCUT2D eigenvalue weighted by atomic mass is 35.5. The number of halogens is 1. The summed E-state index contributed by atoms with van der Waals surface area (Å²) >= 11 is 0. The molecule has 2 nitrogen and oxygen atoms in total. The molecule has 0 aliphatic rings. The van der Waals surface area contributed by atoms with Gasteiger partial charge >= 0.3 is 0 Å². The number of benzene rings is 1. The van der Waals surface area contributed by atoms with Crippen LogP contribution in [-0.2, 0) is 0 Å². The number of hydrogen-bond donors (Lipinski definition) is 0. The lowest BCUT2D eigenvalue weighted by Gasteiger charge is -2.12. The fraction of sp³-hybridized carbons (Fsp3) is 0.400. The fourth-order valence-corrected chi connectivity index (χ4v) is 1.01. The van der Waals surface area contributed by atoms with Crippen LogP contribution in [0.1, 0.15) is 6.92 Å². The van der Waals surface area contributed by atoms with Crippen molar-refractivity contribution in [2.45, 2.75) is 6.92 Å². The van der Waals surface area contributed by atoms with Gasteiger partial charge in [-0.25, -0.2) is 0 Å². The van der Waals surface area contributed by atoms with Crippen LogP contribution < -0.4 is 9.64 Å². The molecule has 3 heteroatoms. The smallest absolute Gasteiger partial charge is 0.119 e. The van der Waals surface area contributed by atoms with Crippen LogP contribution in [0.3, 0.4) is 0 Å². The SMILES string of the molecule is CCOc1ccc(N(C)C)cc1.Cl. The first-order valence-corrected chi connectivity index (χ1v) is 4.14. The number of nitrogens with zero attached hydrogens (tertiary/aromatic N) is 1. The molecule has 0 amide bonds. The molecule has 0 aromatic heterocycles. The first kappa shape index (κ1) is 12.1. The van der Waals surface area contributed by atoms with Gasteiger partial charge in [0.2, 0.25) is 0 Å². The molecule has 0 fully saturated rings. The van der Waals surface area contributed by atoms with Crippen molar-refractivity contribution in [3.63, 3.8) is 0 Å². The van der Waals surface area contributed by atoms with Crippen molar-refractivity contribution in [1.82, 2.24) is 0 Å². The molecule has 13 heavy (non-hydrogen) atoms. The molecular formula is C10H16ClNO. The Morgan fingerprint density at radius 2 is 1.69 bits per heavy atom. The van der Waals surface area contributed by atoms with Crippen LogP contribution in [-0.4, -0.2) is 20.7 Å². The maximum atomic E-state index is 5.32. The molecule has 0 saturated heterocycles. The minimum Gasteiger partial charge on any atom is -0.494 e. The summed E-state index contributed by atoms with van der Waals surface area (Å²) in [6.07, 6.45) is 0. The van der Waals surface area contributed by atoms with Crippen LogP contribution >= 0.6 is 12.4 Å². The Morgan fingerprint density at radius 1 is 1.15 bits per heavy atom. The third-order valence-corrected chi connectivity index (χ3v) is 1.66. The number of hydrogen-bond acceptors (Lipinski definition) is 2. The van der Waals surface area contributed by atoms with Gasteiger partial charge in [-0.1, -0.05) is 0 Å². The Kier molecular flexibility index (Phi) is 5.31. The van der Waals surface area contributed by atoms with Crippen molar-refractivity contribution in [1.29, 1.82) is 0 Å². The van der Waals surface area contributed by atoms with E-state index in [9.17, 15) is 0 Å². The van der Waals surface area contributed by atoms with Crippen LogP contribution in [0.25, 0.3) is 0 Å². The van der Waals surface area contributed by atoms with Crippen molar-refractivity contribution in [3.05, 3.63) is 24.3 Å². The highest BCUT2D eigenvalue weighted by molar-refractivity contribution is 5.85. The van der Waals surface area contributed by atoms with E-state index in [-0.39, 0.29) is 12.4 Å². The Balaban J connectivity index is 0.00000144. The average molecular weight is 202 g/mol. The molecule has 0 aliphatic carbocycles. The largest absolute Gasteiger partial charge is 0.494 e. The third-order valence-electron chi connectivity index (χ3n) is 1.66. The molecule has 0 saturated carbocycles. The molecule has 0 radical (unpaired) electrons. The van der Waals surface area contributed by atoms with Crippen LogP contribution in [0.2, 0.25) is 0 Å². The van der Waals surface area contributed by atoms with E-state index in [1.54, 1.807) is 0 Å². The molecule has 74 valence electrons. The second kappa shape index (κ2) is 5.70. The van der Waals surface area contributed by atoms with Crippen LogP contribution in [0.5, 0.6) is 5.75 Å². The zero-order chi connectivity index (χ0) is 8.97. The van der Waals surface area contributed by atoms with Gasteiger partial charge in [0, 0.05) is 19.8 Å². The zero-order valence-electron chi connectivity index (χ0n) is 8.28. The van der Waals surface area contributed by atoms with Crippen molar-refractivity contribution >= 4 is 18.1 Å². The van der Waals surface area contributed by atoms with Crippen molar-refractivity contribution in [2.75, 3.05) is 25.6 Å². The van der Waals surface area contributed by atoms with E-state index in [1.807, 2.05) is 45.3 Å². The van der Waals surface area contributed by atoms with Gasteiger partial charge < -0.3 is 9.64 Å². The topological polar surface area (TPSA) is 12.5 Å². The summed E-state index contributed by atoms with van der Waals surface area (Å²) in [5.41, 5.74) is 1.19. The maximum absolute atomic E-state index is 5.32. The molecule has 0 aliphatic heterocycles. The number of anilines is 1. The van der Waals surface area contributed by atoms with Crippen molar-refractivity contribution in [3.8, 4) is 5.75 Å². The first-order chi connectivity index (χ1) is 5.74. The van der Waals surface area contributed by atoms with E-state index in [0.717, 1.165) is 12.4 Å². The Labute approximate surface area is 85.9 Å². The highest BCUT2D eigenvalue weighted by Gasteiger charge is 1.94. The zero-order valence-corrected chi connectivity index (χ0v) is 9.10. The Morgan fingerprint density at radius 3 is 2.08 bits per heavy atom. The summed E-state index contributed by atoms with van der Waals surface area (Å²) in [7, 11) is 4.05. The third kappa shape index (κ3) is 3.55. The molecule has 1 aromatic carbocycles. The summed E-state index contributed by atoms with van der Waals surface area (Å²) in [4.78, 5) is 2.07. The molecule has 1 rings (SSSR count). The standard InChI is InChI=1S/C10H15NO.ClH/c1-4-12-10-7-5-9(6-8-10)11(2)3;/h5-8H,4H2,1-3H3;1H. The van der Waals surface area contributed by atoms with Crippen molar-refractivity contribution < 1.29 is 4.74 Å². The van der Waals surface area contributed by atoms with Crippen LogP contribution in [0.4, 0.5) is 5.69 Å². The summed E-state index contributed by atoms with van der Waals surface area (Å²) in [5.74, 6) is 0.933. The van der Waals surface area contributed by atoms with Gasteiger partial charge in [-0.3, -0.25) is 0 Å².